The first-order valence-corrected chi connectivity index (χ1v) is 12.3. The van der Waals surface area contributed by atoms with Gasteiger partial charge >= 0.3 is 11.9 Å². The first kappa shape index (κ1) is 26.3. The van der Waals surface area contributed by atoms with Crippen molar-refractivity contribution in [1.29, 1.82) is 0 Å². The molecule has 0 saturated carbocycles. The van der Waals surface area contributed by atoms with Crippen LogP contribution in [0.4, 0.5) is 11.5 Å². The lowest BCUT2D eigenvalue weighted by Gasteiger charge is -2.16. The molecule has 3 aromatic carbocycles. The van der Waals surface area contributed by atoms with Crippen LogP contribution in [0.2, 0.25) is 0 Å². The van der Waals surface area contributed by atoms with Crippen molar-refractivity contribution in [3.8, 4) is 11.3 Å². The number of fused-ring (bicyclic) bond motifs is 1. The Morgan fingerprint density at radius 2 is 1.55 bits per heavy atom. The van der Waals surface area contributed by atoms with Gasteiger partial charge in [0.05, 0.1) is 24.1 Å². The molecule has 4 rings (SSSR count). The maximum Gasteiger partial charge on any atom is 0.328 e. The highest BCUT2D eigenvalue weighted by Gasteiger charge is 2.23. The number of carbonyl (C=O) groups excluding carboxylic acids is 2. The van der Waals surface area contributed by atoms with Gasteiger partial charge in [0.2, 0.25) is 5.91 Å². The largest absolute Gasteiger partial charge is 0.481 e. The lowest BCUT2D eigenvalue weighted by atomic mass is 10.1. The van der Waals surface area contributed by atoms with Crippen molar-refractivity contribution in [3.05, 3.63) is 84.4 Å². The van der Waals surface area contributed by atoms with E-state index in [2.05, 4.69) is 10.6 Å². The van der Waals surface area contributed by atoms with Gasteiger partial charge in [-0.25, -0.2) is 14.8 Å². The number of para-hydroxylation sites is 2. The lowest BCUT2D eigenvalue weighted by Crippen LogP contribution is -2.42. The summed E-state index contributed by atoms with van der Waals surface area (Å²) in [5.74, 6) is -1.49. The molecule has 4 aromatic rings. The Morgan fingerprint density at radius 3 is 2.21 bits per heavy atom. The topological polar surface area (TPSA) is 131 Å². The molecular weight excluding hydrogens is 484 g/mol. The lowest BCUT2D eigenvalue weighted by molar-refractivity contribution is -0.148. The number of nitrogens with zero attached hydrogens (tertiary/aromatic N) is 2. The van der Waals surface area contributed by atoms with Gasteiger partial charge in [-0.05, 0) is 43.2 Å². The number of carboxylic acids is 1. The van der Waals surface area contributed by atoms with Crippen LogP contribution >= 0.6 is 0 Å². The molecule has 9 heteroatoms. The minimum Gasteiger partial charge on any atom is -0.481 e. The van der Waals surface area contributed by atoms with E-state index in [-0.39, 0.29) is 25.9 Å². The zero-order valence-electron chi connectivity index (χ0n) is 20.9. The zero-order chi connectivity index (χ0) is 26.9. The molecule has 0 radical (unpaired) electrons. The summed E-state index contributed by atoms with van der Waals surface area (Å²) in [5, 5.41) is 14.9. The summed E-state index contributed by atoms with van der Waals surface area (Å²) in [4.78, 5) is 45.2. The maximum atomic E-state index is 12.6. The third-order valence-electron chi connectivity index (χ3n) is 5.75. The predicted molar refractivity (Wildman–Crippen MR) is 144 cm³/mol. The second-order valence-electron chi connectivity index (χ2n) is 8.58. The average Bonchev–Trinajstić information content (AvgIpc) is 2.92. The Labute approximate surface area is 219 Å². The van der Waals surface area contributed by atoms with Crippen molar-refractivity contribution in [1.82, 2.24) is 15.3 Å². The Kier molecular flexibility index (Phi) is 8.61. The number of rotatable bonds is 11. The number of nitrogens with one attached hydrogen (secondary N) is 2. The van der Waals surface area contributed by atoms with Crippen molar-refractivity contribution >= 4 is 40.4 Å². The summed E-state index contributed by atoms with van der Waals surface area (Å²) in [6.45, 7) is 1.79. The van der Waals surface area contributed by atoms with E-state index in [1.54, 1.807) is 19.1 Å². The number of hydrogen-bond donors (Lipinski definition) is 3. The molecule has 1 atom stereocenters. The molecule has 1 heterocycles. The number of amides is 1. The summed E-state index contributed by atoms with van der Waals surface area (Å²) < 4.78 is 4.96. The van der Waals surface area contributed by atoms with E-state index in [9.17, 15) is 14.4 Å². The van der Waals surface area contributed by atoms with Gasteiger partial charge in [-0.1, -0.05) is 54.6 Å². The number of aromatic nitrogens is 2. The van der Waals surface area contributed by atoms with Crippen LogP contribution in [-0.4, -0.2) is 45.6 Å². The quantitative estimate of drug-likeness (QED) is 0.251. The first-order chi connectivity index (χ1) is 18.4. The number of carbonyl (C=O) groups is 3. The van der Waals surface area contributed by atoms with Gasteiger partial charge < -0.3 is 20.5 Å². The maximum absolute atomic E-state index is 12.6. The van der Waals surface area contributed by atoms with Gasteiger partial charge in [-0.2, -0.15) is 0 Å². The van der Waals surface area contributed by atoms with Crippen LogP contribution in [0, 0.1) is 0 Å². The van der Waals surface area contributed by atoms with Gasteiger partial charge in [0.25, 0.3) is 0 Å². The minimum atomic E-state index is -1.05. The predicted octanol–water partition coefficient (Wildman–Crippen LogP) is 4.50. The highest BCUT2D eigenvalue weighted by molar-refractivity contribution is 5.87. The van der Waals surface area contributed by atoms with E-state index in [1.165, 1.54) is 0 Å². The summed E-state index contributed by atoms with van der Waals surface area (Å²) in [7, 11) is 0. The third-order valence-corrected chi connectivity index (χ3v) is 5.75. The molecule has 38 heavy (non-hydrogen) atoms. The smallest absolute Gasteiger partial charge is 0.328 e. The van der Waals surface area contributed by atoms with Crippen LogP contribution in [-0.2, 0) is 25.5 Å². The molecule has 3 N–H and O–H groups in total. The van der Waals surface area contributed by atoms with Crippen LogP contribution < -0.4 is 10.6 Å². The molecular formula is C29H28N4O5. The standard InChI is InChI=1S/C29H28N4O5/c1-2-38-29(37)24(16-17-26(35)36)31-25(34)18-19-12-14-21(15-13-19)30-28-27(20-8-4-3-5-9-20)32-22-10-6-7-11-23(22)33-28/h3-15,24H,2,16-18H2,1H3,(H,30,33)(H,31,34)(H,35,36)/t24-/m0/s1. The van der Waals surface area contributed by atoms with E-state index >= 15 is 0 Å². The Balaban J connectivity index is 1.47. The highest BCUT2D eigenvalue weighted by atomic mass is 16.5. The number of ether oxygens (including phenoxy) is 1. The molecule has 0 bridgehead atoms. The molecule has 0 aliphatic carbocycles. The molecule has 0 spiro atoms. The fourth-order valence-electron chi connectivity index (χ4n) is 3.92. The van der Waals surface area contributed by atoms with Crippen molar-refractivity contribution < 1.29 is 24.2 Å². The summed E-state index contributed by atoms with van der Waals surface area (Å²) in [5.41, 5.74) is 4.70. The molecule has 1 aromatic heterocycles. The van der Waals surface area contributed by atoms with Crippen LogP contribution in [0.5, 0.6) is 0 Å². The Bertz CT molecular complexity index is 1420. The number of anilines is 2. The van der Waals surface area contributed by atoms with Gasteiger partial charge in [0.1, 0.15) is 11.7 Å². The van der Waals surface area contributed by atoms with Crippen LogP contribution in [0.3, 0.4) is 0 Å². The van der Waals surface area contributed by atoms with Gasteiger partial charge in [0.15, 0.2) is 5.82 Å². The monoisotopic (exact) mass is 512 g/mol. The normalized spacial score (nSPS) is 11.5. The number of aliphatic carboxylic acids is 1. The highest BCUT2D eigenvalue weighted by Crippen LogP contribution is 2.29. The molecule has 9 nitrogen and oxygen atoms in total. The molecule has 0 fully saturated rings. The SMILES string of the molecule is CCOC(=O)[C@H](CCC(=O)O)NC(=O)Cc1ccc(Nc2nc3ccccc3nc2-c2ccccc2)cc1. The molecule has 0 saturated heterocycles. The molecule has 1 amide bonds. The fraction of sp³-hybridized carbons (Fsp3) is 0.207. The van der Waals surface area contributed by atoms with Crippen molar-refractivity contribution in [3.63, 3.8) is 0 Å². The summed E-state index contributed by atoms with van der Waals surface area (Å²) in [6, 6.07) is 23.7. The fourth-order valence-corrected chi connectivity index (χ4v) is 3.92. The van der Waals surface area contributed by atoms with Crippen molar-refractivity contribution in [2.24, 2.45) is 0 Å². The number of hydrogen-bond acceptors (Lipinski definition) is 7. The van der Waals surface area contributed by atoms with E-state index in [4.69, 9.17) is 19.8 Å². The second-order valence-corrected chi connectivity index (χ2v) is 8.58. The zero-order valence-corrected chi connectivity index (χ0v) is 20.9. The van der Waals surface area contributed by atoms with Gasteiger partial charge in [-0.3, -0.25) is 9.59 Å². The average molecular weight is 513 g/mol. The van der Waals surface area contributed by atoms with Crippen molar-refractivity contribution in [2.75, 3.05) is 11.9 Å². The summed E-state index contributed by atoms with van der Waals surface area (Å²) in [6.07, 6.45) is -0.277. The van der Waals surface area contributed by atoms with E-state index in [0.29, 0.717) is 5.82 Å². The summed E-state index contributed by atoms with van der Waals surface area (Å²) >= 11 is 0. The van der Waals surface area contributed by atoms with Crippen LogP contribution in [0.1, 0.15) is 25.3 Å². The van der Waals surface area contributed by atoms with Crippen LogP contribution in [0.15, 0.2) is 78.9 Å². The Morgan fingerprint density at radius 1 is 0.895 bits per heavy atom. The number of esters is 1. The van der Waals surface area contributed by atoms with E-state index in [0.717, 1.165) is 33.5 Å². The van der Waals surface area contributed by atoms with Gasteiger partial charge in [0, 0.05) is 17.7 Å². The number of benzene rings is 3. The van der Waals surface area contributed by atoms with E-state index in [1.807, 2.05) is 66.7 Å². The van der Waals surface area contributed by atoms with Crippen molar-refractivity contribution in [2.45, 2.75) is 32.2 Å². The Hall–Kier alpha value is -4.79. The van der Waals surface area contributed by atoms with Gasteiger partial charge in [-0.15, -0.1) is 0 Å². The van der Waals surface area contributed by atoms with Crippen LogP contribution in [0.25, 0.3) is 22.3 Å². The minimum absolute atomic E-state index is 0.0221. The molecule has 194 valence electrons. The van der Waals surface area contributed by atoms with E-state index < -0.39 is 23.9 Å². The first-order valence-electron chi connectivity index (χ1n) is 12.3. The molecule has 0 unspecified atom stereocenters. The number of carboxylic acid groups (broad SMARTS) is 1. The molecule has 0 aliphatic rings. The third kappa shape index (κ3) is 6.91. The second kappa shape index (κ2) is 12.4. The molecule has 0 aliphatic heterocycles.